The van der Waals surface area contributed by atoms with E-state index < -0.39 is 0 Å². The SMILES string of the molecule is CNc1nc(N2CCCC2)nc(C)c1I. The van der Waals surface area contributed by atoms with Crippen molar-refractivity contribution in [3.05, 3.63) is 9.26 Å². The molecule has 2 rings (SSSR count). The normalized spacial score (nSPS) is 15.8. The fourth-order valence-electron chi connectivity index (χ4n) is 1.77. The van der Waals surface area contributed by atoms with E-state index in [1.807, 2.05) is 14.0 Å². The Bertz CT molecular complexity index is 361. The summed E-state index contributed by atoms with van der Waals surface area (Å²) in [7, 11) is 1.90. The maximum absolute atomic E-state index is 4.53. The molecule has 1 saturated heterocycles. The van der Waals surface area contributed by atoms with Crippen molar-refractivity contribution in [2.75, 3.05) is 30.4 Å². The predicted molar refractivity (Wildman–Crippen MR) is 70.5 cm³/mol. The van der Waals surface area contributed by atoms with E-state index in [1.54, 1.807) is 0 Å². The Hall–Kier alpha value is -0.590. The van der Waals surface area contributed by atoms with Gasteiger partial charge in [0.05, 0.1) is 9.26 Å². The van der Waals surface area contributed by atoms with E-state index in [-0.39, 0.29) is 0 Å². The molecule has 1 aliphatic rings. The predicted octanol–water partition coefficient (Wildman–Crippen LogP) is 2.03. The van der Waals surface area contributed by atoms with Crippen molar-refractivity contribution in [2.24, 2.45) is 0 Å². The number of rotatable bonds is 2. The second-order valence-corrected chi connectivity index (χ2v) is 4.79. The maximum atomic E-state index is 4.53. The monoisotopic (exact) mass is 318 g/mol. The average molecular weight is 318 g/mol. The zero-order valence-electron chi connectivity index (χ0n) is 9.05. The van der Waals surface area contributed by atoms with Crippen molar-refractivity contribution >= 4 is 34.4 Å². The van der Waals surface area contributed by atoms with Gasteiger partial charge in [0.15, 0.2) is 0 Å². The summed E-state index contributed by atoms with van der Waals surface area (Å²) in [6.45, 7) is 4.20. The van der Waals surface area contributed by atoms with Crippen LogP contribution in [0.25, 0.3) is 0 Å². The minimum Gasteiger partial charge on any atom is -0.372 e. The number of nitrogens with zero attached hydrogens (tertiary/aromatic N) is 3. The zero-order chi connectivity index (χ0) is 10.8. The molecule has 0 radical (unpaired) electrons. The van der Waals surface area contributed by atoms with Gasteiger partial charge in [-0.3, -0.25) is 0 Å². The van der Waals surface area contributed by atoms with Gasteiger partial charge in [0.1, 0.15) is 5.82 Å². The fraction of sp³-hybridized carbons (Fsp3) is 0.600. The summed E-state index contributed by atoms with van der Waals surface area (Å²) in [6, 6.07) is 0. The van der Waals surface area contributed by atoms with Gasteiger partial charge in [-0.25, -0.2) is 4.98 Å². The van der Waals surface area contributed by atoms with Crippen LogP contribution in [-0.4, -0.2) is 30.1 Å². The van der Waals surface area contributed by atoms with Crippen LogP contribution in [0.4, 0.5) is 11.8 Å². The van der Waals surface area contributed by atoms with Crippen LogP contribution in [0.1, 0.15) is 18.5 Å². The third kappa shape index (κ3) is 2.16. The molecule has 82 valence electrons. The molecule has 4 nitrogen and oxygen atoms in total. The summed E-state index contributed by atoms with van der Waals surface area (Å²) in [5.41, 5.74) is 1.05. The fourth-order valence-corrected chi connectivity index (χ4v) is 2.28. The van der Waals surface area contributed by atoms with E-state index >= 15 is 0 Å². The molecule has 0 atom stereocenters. The van der Waals surface area contributed by atoms with Crippen LogP contribution < -0.4 is 10.2 Å². The number of halogens is 1. The van der Waals surface area contributed by atoms with Crippen molar-refractivity contribution in [1.29, 1.82) is 0 Å². The minimum atomic E-state index is 0.870. The number of nitrogens with one attached hydrogen (secondary N) is 1. The molecule has 0 bridgehead atoms. The van der Waals surface area contributed by atoms with Crippen LogP contribution in [0.5, 0.6) is 0 Å². The lowest BCUT2D eigenvalue weighted by molar-refractivity contribution is 0.886. The van der Waals surface area contributed by atoms with E-state index in [4.69, 9.17) is 0 Å². The maximum Gasteiger partial charge on any atom is 0.227 e. The molecule has 1 aromatic rings. The molecule has 15 heavy (non-hydrogen) atoms. The first kappa shape index (κ1) is 10.9. The lowest BCUT2D eigenvalue weighted by Crippen LogP contribution is -2.21. The van der Waals surface area contributed by atoms with Gasteiger partial charge in [-0.05, 0) is 42.4 Å². The second-order valence-electron chi connectivity index (χ2n) is 3.72. The first-order valence-electron chi connectivity index (χ1n) is 5.19. The number of hydrogen-bond acceptors (Lipinski definition) is 4. The topological polar surface area (TPSA) is 41.1 Å². The highest BCUT2D eigenvalue weighted by atomic mass is 127. The number of aryl methyl sites for hydroxylation is 1. The molecule has 0 amide bonds. The molecule has 0 saturated carbocycles. The van der Waals surface area contributed by atoms with Gasteiger partial charge in [0, 0.05) is 20.1 Å². The molecule has 0 aliphatic carbocycles. The van der Waals surface area contributed by atoms with Crippen molar-refractivity contribution in [3.63, 3.8) is 0 Å². The minimum absolute atomic E-state index is 0.870. The summed E-state index contributed by atoms with van der Waals surface area (Å²) >= 11 is 2.28. The van der Waals surface area contributed by atoms with Gasteiger partial charge in [0.25, 0.3) is 0 Å². The van der Waals surface area contributed by atoms with Crippen LogP contribution >= 0.6 is 22.6 Å². The molecule has 2 heterocycles. The Balaban J connectivity index is 2.35. The molecular formula is C10H15IN4. The third-order valence-corrected chi connectivity index (χ3v) is 3.92. The van der Waals surface area contributed by atoms with Gasteiger partial charge < -0.3 is 10.2 Å². The van der Waals surface area contributed by atoms with Gasteiger partial charge >= 0.3 is 0 Å². The number of anilines is 2. The van der Waals surface area contributed by atoms with E-state index in [1.165, 1.54) is 12.8 Å². The highest BCUT2D eigenvalue weighted by molar-refractivity contribution is 14.1. The summed E-state index contributed by atoms with van der Waals surface area (Å²) in [5, 5.41) is 3.11. The highest BCUT2D eigenvalue weighted by Gasteiger charge is 2.17. The molecule has 5 heteroatoms. The number of hydrogen-bond donors (Lipinski definition) is 1. The van der Waals surface area contributed by atoms with E-state index in [0.29, 0.717) is 0 Å². The molecule has 1 N–H and O–H groups in total. The first-order chi connectivity index (χ1) is 7.22. The Morgan fingerprint density at radius 3 is 2.53 bits per heavy atom. The highest BCUT2D eigenvalue weighted by Crippen LogP contribution is 2.23. The van der Waals surface area contributed by atoms with E-state index in [2.05, 4.69) is 42.8 Å². The quantitative estimate of drug-likeness (QED) is 0.847. The molecule has 0 spiro atoms. The van der Waals surface area contributed by atoms with Crippen LogP contribution in [-0.2, 0) is 0 Å². The zero-order valence-corrected chi connectivity index (χ0v) is 11.2. The third-order valence-electron chi connectivity index (χ3n) is 2.63. The molecule has 1 aromatic heterocycles. The Kier molecular flexibility index (Phi) is 3.28. The summed E-state index contributed by atoms with van der Waals surface area (Å²) in [5.74, 6) is 1.81. The van der Waals surface area contributed by atoms with Crippen LogP contribution in [0.15, 0.2) is 0 Å². The van der Waals surface area contributed by atoms with Crippen LogP contribution in [0.2, 0.25) is 0 Å². The largest absolute Gasteiger partial charge is 0.372 e. The Labute approximate surface area is 104 Å². The van der Waals surface area contributed by atoms with Crippen molar-refractivity contribution in [2.45, 2.75) is 19.8 Å². The molecule has 1 fully saturated rings. The molecule has 1 aliphatic heterocycles. The second kappa shape index (κ2) is 4.51. The van der Waals surface area contributed by atoms with E-state index in [0.717, 1.165) is 34.1 Å². The van der Waals surface area contributed by atoms with Gasteiger partial charge in [-0.15, -0.1) is 0 Å². The summed E-state index contributed by atoms with van der Waals surface area (Å²) in [6.07, 6.45) is 2.51. The summed E-state index contributed by atoms with van der Waals surface area (Å²) < 4.78 is 1.11. The molecule has 0 aromatic carbocycles. The van der Waals surface area contributed by atoms with Crippen molar-refractivity contribution < 1.29 is 0 Å². The van der Waals surface area contributed by atoms with Gasteiger partial charge in [0.2, 0.25) is 5.95 Å². The average Bonchev–Trinajstić information content (AvgIpc) is 2.75. The Morgan fingerprint density at radius 2 is 1.93 bits per heavy atom. The van der Waals surface area contributed by atoms with Gasteiger partial charge in [-0.2, -0.15) is 4.98 Å². The summed E-state index contributed by atoms with van der Waals surface area (Å²) in [4.78, 5) is 11.3. The van der Waals surface area contributed by atoms with Crippen molar-refractivity contribution in [1.82, 2.24) is 9.97 Å². The smallest absolute Gasteiger partial charge is 0.227 e. The number of aromatic nitrogens is 2. The lowest BCUT2D eigenvalue weighted by atomic mass is 10.4. The van der Waals surface area contributed by atoms with E-state index in [9.17, 15) is 0 Å². The van der Waals surface area contributed by atoms with Gasteiger partial charge in [-0.1, -0.05) is 0 Å². The molecule has 0 unspecified atom stereocenters. The standard InChI is InChI=1S/C10H15IN4/c1-7-8(11)9(12-2)14-10(13-7)15-5-3-4-6-15/h3-6H2,1-2H3,(H,12,13,14). The Morgan fingerprint density at radius 1 is 1.27 bits per heavy atom. The molecular weight excluding hydrogens is 303 g/mol. The first-order valence-corrected chi connectivity index (χ1v) is 6.27. The van der Waals surface area contributed by atoms with Crippen molar-refractivity contribution in [3.8, 4) is 0 Å². The van der Waals surface area contributed by atoms with Crippen LogP contribution in [0, 0.1) is 10.5 Å². The van der Waals surface area contributed by atoms with Crippen LogP contribution in [0.3, 0.4) is 0 Å². The lowest BCUT2D eigenvalue weighted by Gasteiger charge is -2.17.